The lowest BCUT2D eigenvalue weighted by molar-refractivity contribution is -0.126. The maximum atomic E-state index is 12.2. The van der Waals surface area contributed by atoms with E-state index in [1.54, 1.807) is 4.90 Å². The van der Waals surface area contributed by atoms with E-state index >= 15 is 0 Å². The van der Waals surface area contributed by atoms with Crippen molar-refractivity contribution in [2.24, 2.45) is 5.73 Å². The molecule has 0 radical (unpaired) electrons. The minimum Gasteiger partial charge on any atom is -0.318 e. The van der Waals surface area contributed by atoms with Crippen LogP contribution < -0.4 is 10.6 Å². The van der Waals surface area contributed by atoms with Crippen LogP contribution in [0, 0.1) is 0 Å². The van der Waals surface area contributed by atoms with Crippen molar-refractivity contribution >= 4 is 27.5 Å². The van der Waals surface area contributed by atoms with Gasteiger partial charge in [0.2, 0.25) is 5.91 Å². The fraction of sp³-hybridized carbons (Fsp3) is 0.235. The second-order valence-electron chi connectivity index (χ2n) is 5.25. The molecule has 0 bridgehead atoms. The number of benzene rings is 2. The van der Waals surface area contributed by atoms with Crippen molar-refractivity contribution in [2.45, 2.75) is 25.4 Å². The predicted molar refractivity (Wildman–Crippen MR) is 88.2 cm³/mol. The third kappa shape index (κ3) is 2.49. The van der Waals surface area contributed by atoms with E-state index in [0.29, 0.717) is 0 Å². The molecule has 2 aromatic rings. The third-order valence-electron chi connectivity index (χ3n) is 3.98. The number of β-lactam (4-membered cyclic amide) rings is 1. The minimum absolute atomic E-state index is 0.0211. The third-order valence-corrected chi connectivity index (χ3v) is 4.50. The smallest absolute Gasteiger partial charge is 0.247 e. The number of amides is 1. The number of aryl methyl sites for hydroxylation is 1. The Hall–Kier alpha value is -1.65. The summed E-state index contributed by atoms with van der Waals surface area (Å²) in [6.45, 7) is 2.12. The molecule has 1 heterocycles. The molecule has 0 saturated carbocycles. The lowest BCUT2D eigenvalue weighted by Crippen LogP contribution is -2.63. The Balaban J connectivity index is 1.92. The number of nitrogens with two attached hydrogens (primary N) is 1. The van der Waals surface area contributed by atoms with E-state index in [1.807, 2.05) is 36.4 Å². The van der Waals surface area contributed by atoms with Crippen molar-refractivity contribution in [1.82, 2.24) is 0 Å². The number of halogens is 1. The number of carbonyl (C=O) groups is 1. The zero-order valence-electron chi connectivity index (χ0n) is 11.8. The highest BCUT2D eigenvalue weighted by atomic mass is 79.9. The van der Waals surface area contributed by atoms with Crippen LogP contribution in [0.5, 0.6) is 0 Å². The van der Waals surface area contributed by atoms with Crippen LogP contribution in [0.3, 0.4) is 0 Å². The highest BCUT2D eigenvalue weighted by Gasteiger charge is 2.46. The first kappa shape index (κ1) is 14.3. The van der Waals surface area contributed by atoms with Crippen LogP contribution in [0.15, 0.2) is 53.0 Å². The molecular weight excluding hydrogens is 328 g/mol. The molecule has 3 rings (SSSR count). The number of hydrogen-bond acceptors (Lipinski definition) is 2. The average Bonchev–Trinajstić information content (AvgIpc) is 2.53. The van der Waals surface area contributed by atoms with Gasteiger partial charge >= 0.3 is 0 Å². The van der Waals surface area contributed by atoms with Crippen molar-refractivity contribution in [2.75, 3.05) is 4.90 Å². The quantitative estimate of drug-likeness (QED) is 0.867. The summed E-state index contributed by atoms with van der Waals surface area (Å²) in [7, 11) is 0. The summed E-state index contributed by atoms with van der Waals surface area (Å²) < 4.78 is 1.02. The Labute approximate surface area is 132 Å². The summed E-state index contributed by atoms with van der Waals surface area (Å²) in [5.74, 6) is -0.0211. The summed E-state index contributed by atoms with van der Waals surface area (Å²) in [6.07, 6.45) is 0.990. The summed E-state index contributed by atoms with van der Waals surface area (Å²) in [6, 6.07) is 15.5. The van der Waals surface area contributed by atoms with Crippen LogP contribution in [-0.2, 0) is 11.2 Å². The molecule has 0 aromatic heterocycles. The van der Waals surface area contributed by atoms with Crippen LogP contribution in [0.4, 0.5) is 5.69 Å². The van der Waals surface area contributed by atoms with Crippen LogP contribution in [0.25, 0.3) is 0 Å². The lowest BCUT2D eigenvalue weighted by Gasteiger charge is -2.45. The molecule has 2 atom stereocenters. The number of anilines is 1. The molecule has 1 amide bonds. The Kier molecular flexibility index (Phi) is 3.83. The van der Waals surface area contributed by atoms with Crippen molar-refractivity contribution in [1.29, 1.82) is 0 Å². The molecule has 1 aliphatic rings. The van der Waals surface area contributed by atoms with E-state index in [0.717, 1.165) is 22.1 Å². The van der Waals surface area contributed by atoms with Gasteiger partial charge in [-0.3, -0.25) is 4.79 Å². The van der Waals surface area contributed by atoms with Gasteiger partial charge in [-0.15, -0.1) is 0 Å². The van der Waals surface area contributed by atoms with Gasteiger partial charge in [0, 0.05) is 10.2 Å². The number of nitrogens with zero attached hydrogens (tertiary/aromatic N) is 1. The summed E-state index contributed by atoms with van der Waals surface area (Å²) in [4.78, 5) is 13.9. The van der Waals surface area contributed by atoms with Crippen molar-refractivity contribution in [3.63, 3.8) is 0 Å². The maximum Gasteiger partial charge on any atom is 0.247 e. The van der Waals surface area contributed by atoms with Crippen molar-refractivity contribution in [3.05, 3.63) is 64.1 Å². The second-order valence-corrected chi connectivity index (χ2v) is 6.17. The first-order valence-electron chi connectivity index (χ1n) is 7.05. The number of rotatable bonds is 3. The Morgan fingerprint density at radius 2 is 1.71 bits per heavy atom. The zero-order chi connectivity index (χ0) is 15.0. The van der Waals surface area contributed by atoms with Gasteiger partial charge in [-0.25, -0.2) is 0 Å². The highest BCUT2D eigenvalue weighted by Crippen LogP contribution is 2.38. The normalized spacial score (nSPS) is 21.3. The predicted octanol–water partition coefficient (Wildman–Crippen LogP) is 3.43. The highest BCUT2D eigenvalue weighted by molar-refractivity contribution is 9.10. The lowest BCUT2D eigenvalue weighted by atomic mass is 9.88. The molecule has 108 valence electrons. The monoisotopic (exact) mass is 344 g/mol. The first-order valence-corrected chi connectivity index (χ1v) is 7.84. The van der Waals surface area contributed by atoms with Gasteiger partial charge in [0.05, 0.1) is 6.04 Å². The molecule has 2 unspecified atom stereocenters. The molecule has 4 heteroatoms. The SMILES string of the molecule is CCc1ccc(N2C(=O)C(N)C2c2ccc(Br)cc2)cc1. The van der Waals surface area contributed by atoms with E-state index in [4.69, 9.17) is 5.73 Å². The maximum absolute atomic E-state index is 12.2. The van der Waals surface area contributed by atoms with Gasteiger partial charge in [-0.05, 0) is 41.8 Å². The molecule has 0 spiro atoms. The topological polar surface area (TPSA) is 46.3 Å². The van der Waals surface area contributed by atoms with Crippen LogP contribution in [0.2, 0.25) is 0 Å². The van der Waals surface area contributed by atoms with Gasteiger partial charge in [0.15, 0.2) is 0 Å². The molecule has 1 fully saturated rings. The average molecular weight is 345 g/mol. The Bertz CT molecular complexity index is 651. The van der Waals surface area contributed by atoms with Crippen LogP contribution in [0.1, 0.15) is 24.1 Å². The standard InChI is InChI=1S/C17H17BrN2O/c1-2-11-3-9-14(10-4-11)20-16(15(19)17(20)21)12-5-7-13(18)8-6-12/h3-10,15-16H,2,19H2,1H3. The fourth-order valence-electron chi connectivity index (χ4n) is 2.71. The van der Waals surface area contributed by atoms with E-state index in [9.17, 15) is 4.79 Å². The van der Waals surface area contributed by atoms with Gasteiger partial charge in [-0.1, -0.05) is 47.1 Å². The zero-order valence-corrected chi connectivity index (χ0v) is 13.4. The van der Waals surface area contributed by atoms with E-state index in [-0.39, 0.29) is 11.9 Å². The molecule has 2 N–H and O–H groups in total. The minimum atomic E-state index is -0.461. The van der Waals surface area contributed by atoms with Gasteiger partial charge in [0.25, 0.3) is 0 Å². The molecular formula is C17H17BrN2O. The fourth-order valence-corrected chi connectivity index (χ4v) is 2.97. The van der Waals surface area contributed by atoms with Crippen LogP contribution >= 0.6 is 15.9 Å². The number of carbonyl (C=O) groups excluding carboxylic acids is 1. The molecule has 0 aliphatic carbocycles. The molecule has 21 heavy (non-hydrogen) atoms. The summed E-state index contributed by atoms with van der Waals surface area (Å²) >= 11 is 3.43. The van der Waals surface area contributed by atoms with Crippen LogP contribution in [-0.4, -0.2) is 11.9 Å². The van der Waals surface area contributed by atoms with Gasteiger partial charge in [0.1, 0.15) is 6.04 Å². The van der Waals surface area contributed by atoms with E-state index in [1.165, 1.54) is 5.56 Å². The van der Waals surface area contributed by atoms with E-state index in [2.05, 4.69) is 35.0 Å². The molecule has 1 saturated heterocycles. The van der Waals surface area contributed by atoms with Gasteiger partial charge in [-0.2, -0.15) is 0 Å². The van der Waals surface area contributed by atoms with Crippen molar-refractivity contribution in [3.8, 4) is 0 Å². The summed E-state index contributed by atoms with van der Waals surface area (Å²) in [5, 5.41) is 0. The molecule has 1 aliphatic heterocycles. The molecule has 3 nitrogen and oxygen atoms in total. The second kappa shape index (κ2) is 5.62. The first-order chi connectivity index (χ1) is 10.1. The summed E-state index contributed by atoms with van der Waals surface area (Å²) in [5.41, 5.74) is 9.25. The van der Waals surface area contributed by atoms with E-state index < -0.39 is 6.04 Å². The largest absolute Gasteiger partial charge is 0.318 e. The Morgan fingerprint density at radius 3 is 2.29 bits per heavy atom. The van der Waals surface area contributed by atoms with Crippen molar-refractivity contribution < 1.29 is 4.79 Å². The Morgan fingerprint density at radius 1 is 1.10 bits per heavy atom. The number of hydrogen-bond donors (Lipinski definition) is 1. The van der Waals surface area contributed by atoms with Gasteiger partial charge < -0.3 is 10.6 Å². The molecule has 2 aromatic carbocycles.